The van der Waals surface area contributed by atoms with Gasteiger partial charge in [0.25, 0.3) is 0 Å². The van der Waals surface area contributed by atoms with Gasteiger partial charge >= 0.3 is 0 Å². The molecule has 0 radical (unpaired) electrons. The summed E-state index contributed by atoms with van der Waals surface area (Å²) in [5.74, 6) is 0. The molecule has 0 amide bonds. The quantitative estimate of drug-likeness (QED) is 0.778. The summed E-state index contributed by atoms with van der Waals surface area (Å²) in [7, 11) is 0. The van der Waals surface area contributed by atoms with Crippen molar-refractivity contribution in [2.45, 2.75) is 38.7 Å². The fourth-order valence-electron chi connectivity index (χ4n) is 2.33. The highest BCUT2D eigenvalue weighted by Gasteiger charge is 2.44. The summed E-state index contributed by atoms with van der Waals surface area (Å²) in [6.07, 6.45) is 2.72. The van der Waals surface area contributed by atoms with Crippen LogP contribution in [0, 0.1) is 5.41 Å². The molecule has 1 aliphatic rings. The summed E-state index contributed by atoms with van der Waals surface area (Å²) < 4.78 is 0. The molecule has 1 atom stereocenters. The van der Waals surface area contributed by atoms with Crippen LogP contribution in [0.5, 0.6) is 0 Å². The summed E-state index contributed by atoms with van der Waals surface area (Å²) in [4.78, 5) is 0.949. The molecule has 0 saturated heterocycles. The Morgan fingerprint density at radius 1 is 1.43 bits per heavy atom. The highest BCUT2D eigenvalue weighted by atomic mass is 35.5. The second kappa shape index (κ2) is 3.22. The van der Waals surface area contributed by atoms with Gasteiger partial charge in [0.05, 0.1) is 9.90 Å². The molecule has 0 aromatic carbocycles. The third-order valence-electron chi connectivity index (χ3n) is 3.03. The third-order valence-corrected chi connectivity index (χ3v) is 4.56. The molecule has 1 aliphatic carbocycles. The number of aliphatic hydroxyl groups is 1. The van der Waals surface area contributed by atoms with E-state index in [0.717, 1.165) is 29.2 Å². The van der Waals surface area contributed by atoms with Crippen LogP contribution in [-0.2, 0) is 5.60 Å². The second-order valence-electron chi connectivity index (χ2n) is 4.97. The van der Waals surface area contributed by atoms with Crippen LogP contribution in [0.1, 0.15) is 38.0 Å². The van der Waals surface area contributed by atoms with Gasteiger partial charge in [0, 0.05) is 0 Å². The maximum atomic E-state index is 10.5. The van der Waals surface area contributed by atoms with E-state index in [0.29, 0.717) is 0 Å². The van der Waals surface area contributed by atoms with E-state index < -0.39 is 5.60 Å². The fourth-order valence-corrected chi connectivity index (χ4v) is 3.69. The van der Waals surface area contributed by atoms with Crippen molar-refractivity contribution in [3.63, 3.8) is 0 Å². The van der Waals surface area contributed by atoms with Crippen LogP contribution in [0.4, 0.5) is 0 Å². The van der Waals surface area contributed by atoms with Crippen LogP contribution in [0.3, 0.4) is 0 Å². The Kier molecular flexibility index (Phi) is 2.41. The predicted octanol–water partition coefficient (Wildman–Crippen LogP) is 3.80. The Hall–Kier alpha value is -0.0500. The van der Waals surface area contributed by atoms with Crippen LogP contribution in [0.15, 0.2) is 11.4 Å². The van der Waals surface area contributed by atoms with Gasteiger partial charge in [-0.25, -0.2) is 0 Å². The van der Waals surface area contributed by atoms with E-state index in [1.165, 1.54) is 0 Å². The molecule has 0 aliphatic heterocycles. The molecule has 1 fully saturated rings. The first-order valence-corrected chi connectivity index (χ1v) is 6.15. The topological polar surface area (TPSA) is 20.2 Å². The summed E-state index contributed by atoms with van der Waals surface area (Å²) in [5.41, 5.74) is -0.434. The molecule has 1 saturated carbocycles. The van der Waals surface area contributed by atoms with Crippen molar-refractivity contribution < 1.29 is 5.11 Å². The smallest absolute Gasteiger partial charge is 0.101 e. The van der Waals surface area contributed by atoms with Crippen molar-refractivity contribution in [2.75, 3.05) is 0 Å². The number of rotatable bonds is 1. The lowest BCUT2D eigenvalue weighted by molar-refractivity contribution is 0.0376. The highest BCUT2D eigenvalue weighted by Crippen LogP contribution is 2.51. The van der Waals surface area contributed by atoms with Crippen LogP contribution < -0.4 is 0 Å². The number of halogens is 1. The minimum Gasteiger partial charge on any atom is -0.384 e. The van der Waals surface area contributed by atoms with Crippen LogP contribution in [0.25, 0.3) is 0 Å². The van der Waals surface area contributed by atoms with E-state index in [9.17, 15) is 5.11 Å². The molecule has 1 aromatic rings. The van der Waals surface area contributed by atoms with Crippen molar-refractivity contribution >= 4 is 22.9 Å². The lowest BCUT2D eigenvalue weighted by atomic mass is 9.89. The molecular formula is C11H15ClOS. The molecule has 1 aromatic heterocycles. The van der Waals surface area contributed by atoms with Crippen molar-refractivity contribution in [3.8, 4) is 0 Å². The third kappa shape index (κ3) is 1.71. The molecule has 1 heterocycles. The first-order chi connectivity index (χ1) is 6.43. The maximum Gasteiger partial charge on any atom is 0.101 e. The molecule has 1 unspecified atom stereocenters. The first kappa shape index (κ1) is 10.5. The summed E-state index contributed by atoms with van der Waals surface area (Å²) in [5, 5.41) is 13.2. The minimum absolute atomic E-state index is 0.238. The fraction of sp³-hybridized carbons (Fsp3) is 0.636. The Morgan fingerprint density at radius 2 is 2.14 bits per heavy atom. The largest absolute Gasteiger partial charge is 0.384 e. The van der Waals surface area contributed by atoms with Crippen LogP contribution in [-0.4, -0.2) is 5.11 Å². The zero-order valence-corrected chi connectivity index (χ0v) is 10.1. The normalized spacial score (nSPS) is 30.9. The van der Waals surface area contributed by atoms with E-state index in [2.05, 4.69) is 13.8 Å². The lowest BCUT2D eigenvalue weighted by Crippen LogP contribution is -2.22. The van der Waals surface area contributed by atoms with Gasteiger partial charge in [-0.2, -0.15) is 0 Å². The monoisotopic (exact) mass is 230 g/mol. The predicted molar refractivity (Wildman–Crippen MR) is 60.9 cm³/mol. The van der Waals surface area contributed by atoms with Crippen molar-refractivity contribution in [1.82, 2.24) is 0 Å². The number of thiophene rings is 1. The van der Waals surface area contributed by atoms with Crippen molar-refractivity contribution in [3.05, 3.63) is 21.3 Å². The highest BCUT2D eigenvalue weighted by molar-refractivity contribution is 7.10. The van der Waals surface area contributed by atoms with Gasteiger partial charge in [0.1, 0.15) is 5.60 Å². The Bertz CT molecular complexity index is 345. The lowest BCUT2D eigenvalue weighted by Gasteiger charge is -2.24. The zero-order chi connectivity index (χ0) is 10.4. The van der Waals surface area contributed by atoms with Gasteiger partial charge in [0.15, 0.2) is 0 Å². The van der Waals surface area contributed by atoms with Gasteiger partial charge in [0.2, 0.25) is 0 Å². The van der Waals surface area contributed by atoms with E-state index in [4.69, 9.17) is 11.6 Å². The van der Waals surface area contributed by atoms with Gasteiger partial charge in [-0.05, 0) is 36.1 Å². The van der Waals surface area contributed by atoms with Crippen molar-refractivity contribution in [1.29, 1.82) is 0 Å². The van der Waals surface area contributed by atoms with E-state index in [-0.39, 0.29) is 5.41 Å². The van der Waals surface area contributed by atoms with E-state index >= 15 is 0 Å². The SMILES string of the molecule is CC1(C)CCC(O)(c2sccc2Cl)C1. The van der Waals surface area contributed by atoms with Gasteiger partial charge in [-0.1, -0.05) is 25.4 Å². The second-order valence-corrected chi connectivity index (χ2v) is 6.29. The molecule has 78 valence electrons. The Morgan fingerprint density at radius 3 is 2.57 bits per heavy atom. The summed E-state index contributed by atoms with van der Waals surface area (Å²) in [6.45, 7) is 4.40. The standard InChI is InChI=1S/C11H15ClOS/c1-10(2)4-5-11(13,7-10)9-8(12)3-6-14-9/h3,6,13H,4-5,7H2,1-2H3. The van der Waals surface area contributed by atoms with Crippen LogP contribution in [0.2, 0.25) is 5.02 Å². The van der Waals surface area contributed by atoms with Crippen LogP contribution >= 0.6 is 22.9 Å². The molecule has 0 spiro atoms. The maximum absolute atomic E-state index is 10.5. The van der Waals surface area contributed by atoms with Gasteiger partial charge in [-0.15, -0.1) is 11.3 Å². The minimum atomic E-state index is -0.672. The first-order valence-electron chi connectivity index (χ1n) is 4.89. The average Bonchev–Trinajstić information content (AvgIpc) is 2.57. The van der Waals surface area contributed by atoms with E-state index in [1.54, 1.807) is 11.3 Å². The average molecular weight is 231 g/mol. The molecule has 14 heavy (non-hydrogen) atoms. The Balaban J connectivity index is 2.32. The summed E-state index contributed by atoms with van der Waals surface area (Å²) >= 11 is 7.62. The molecule has 0 bridgehead atoms. The molecule has 1 nitrogen and oxygen atoms in total. The Labute approximate surface area is 93.7 Å². The summed E-state index contributed by atoms with van der Waals surface area (Å²) in [6, 6.07) is 1.87. The molecule has 1 N–H and O–H groups in total. The van der Waals surface area contributed by atoms with E-state index in [1.807, 2.05) is 11.4 Å². The van der Waals surface area contributed by atoms with Gasteiger partial charge in [-0.3, -0.25) is 0 Å². The van der Waals surface area contributed by atoms with Crippen molar-refractivity contribution in [2.24, 2.45) is 5.41 Å². The molecular weight excluding hydrogens is 216 g/mol. The zero-order valence-electron chi connectivity index (χ0n) is 8.51. The molecule has 2 rings (SSSR count). The van der Waals surface area contributed by atoms with Gasteiger partial charge < -0.3 is 5.11 Å². The number of hydrogen-bond acceptors (Lipinski definition) is 2. The number of hydrogen-bond donors (Lipinski definition) is 1. The molecule has 3 heteroatoms.